The SMILES string of the molecule is CCOP(=O)(O)c1cccc(O)c1NC(=O)C(C)(C)C. The Morgan fingerprint density at radius 2 is 2.00 bits per heavy atom. The monoisotopic (exact) mass is 301 g/mol. The van der Waals surface area contributed by atoms with Crippen molar-refractivity contribution in [1.29, 1.82) is 0 Å². The molecule has 1 atom stereocenters. The van der Waals surface area contributed by atoms with E-state index in [1.165, 1.54) is 18.2 Å². The molecule has 0 bridgehead atoms. The molecule has 0 aliphatic heterocycles. The van der Waals surface area contributed by atoms with Gasteiger partial charge in [0.1, 0.15) is 5.75 Å². The van der Waals surface area contributed by atoms with Crippen LogP contribution in [0.1, 0.15) is 27.7 Å². The van der Waals surface area contributed by atoms with Gasteiger partial charge in [0, 0.05) is 5.41 Å². The molecule has 0 radical (unpaired) electrons. The third-order valence-electron chi connectivity index (χ3n) is 2.55. The first-order chi connectivity index (χ1) is 9.09. The topological polar surface area (TPSA) is 95.9 Å². The van der Waals surface area contributed by atoms with Gasteiger partial charge in [0.15, 0.2) is 0 Å². The molecule has 1 aromatic rings. The van der Waals surface area contributed by atoms with Crippen molar-refractivity contribution in [2.24, 2.45) is 5.41 Å². The Kier molecular flexibility index (Phi) is 4.97. The van der Waals surface area contributed by atoms with Gasteiger partial charge in [0.05, 0.1) is 17.6 Å². The number of phenols is 1. The molecule has 1 aromatic carbocycles. The second kappa shape index (κ2) is 5.95. The maximum Gasteiger partial charge on any atom is 0.361 e. The summed E-state index contributed by atoms with van der Waals surface area (Å²) in [6.07, 6.45) is 0. The van der Waals surface area contributed by atoms with Crippen LogP contribution in [0.15, 0.2) is 18.2 Å². The summed E-state index contributed by atoms with van der Waals surface area (Å²) in [6.45, 7) is 6.71. The fourth-order valence-electron chi connectivity index (χ4n) is 1.44. The highest BCUT2D eigenvalue weighted by atomic mass is 31.2. The van der Waals surface area contributed by atoms with E-state index in [9.17, 15) is 19.4 Å². The number of para-hydroxylation sites is 1. The lowest BCUT2D eigenvalue weighted by Crippen LogP contribution is -2.30. The first-order valence-corrected chi connectivity index (χ1v) is 7.78. The molecular formula is C13H20NO5P. The summed E-state index contributed by atoms with van der Waals surface area (Å²) < 4.78 is 16.9. The number of phenolic OH excluding ortho intramolecular Hbond substituents is 1. The lowest BCUT2D eigenvalue weighted by molar-refractivity contribution is -0.123. The van der Waals surface area contributed by atoms with E-state index in [0.29, 0.717) is 0 Å². The van der Waals surface area contributed by atoms with Crippen LogP contribution in [0.25, 0.3) is 0 Å². The molecule has 20 heavy (non-hydrogen) atoms. The summed E-state index contributed by atoms with van der Waals surface area (Å²) in [4.78, 5) is 21.9. The molecule has 0 aliphatic carbocycles. The highest BCUT2D eigenvalue weighted by Gasteiger charge is 2.30. The summed E-state index contributed by atoms with van der Waals surface area (Å²) in [6, 6.07) is 4.08. The van der Waals surface area contributed by atoms with E-state index in [1.54, 1.807) is 27.7 Å². The average Bonchev–Trinajstić information content (AvgIpc) is 2.30. The normalized spacial score (nSPS) is 14.7. The number of hydrogen-bond acceptors (Lipinski definition) is 4. The van der Waals surface area contributed by atoms with Crippen molar-refractivity contribution in [2.75, 3.05) is 11.9 Å². The molecule has 6 nitrogen and oxygen atoms in total. The van der Waals surface area contributed by atoms with Gasteiger partial charge in [-0.15, -0.1) is 0 Å². The molecule has 0 fully saturated rings. The number of nitrogens with one attached hydrogen (secondary N) is 1. The smallest absolute Gasteiger partial charge is 0.361 e. The van der Waals surface area contributed by atoms with Crippen molar-refractivity contribution in [3.05, 3.63) is 18.2 Å². The zero-order valence-electron chi connectivity index (χ0n) is 12.0. The number of carbonyl (C=O) groups excluding carboxylic acids is 1. The third-order valence-corrected chi connectivity index (χ3v) is 4.14. The van der Waals surface area contributed by atoms with Crippen LogP contribution in [0.2, 0.25) is 0 Å². The molecule has 112 valence electrons. The molecule has 0 saturated carbocycles. The minimum absolute atomic E-state index is 0.0378. The van der Waals surface area contributed by atoms with E-state index < -0.39 is 13.0 Å². The van der Waals surface area contributed by atoms with Crippen molar-refractivity contribution in [1.82, 2.24) is 0 Å². The van der Waals surface area contributed by atoms with E-state index in [2.05, 4.69) is 5.32 Å². The first-order valence-electron chi connectivity index (χ1n) is 6.21. The van der Waals surface area contributed by atoms with Gasteiger partial charge < -0.3 is 19.8 Å². The summed E-state index contributed by atoms with van der Waals surface area (Å²) in [5.74, 6) is -0.661. The Morgan fingerprint density at radius 1 is 1.40 bits per heavy atom. The summed E-state index contributed by atoms with van der Waals surface area (Å²) in [7, 11) is -4.09. The van der Waals surface area contributed by atoms with Crippen LogP contribution in [0.3, 0.4) is 0 Å². The van der Waals surface area contributed by atoms with E-state index >= 15 is 0 Å². The van der Waals surface area contributed by atoms with Crippen LogP contribution in [0.4, 0.5) is 5.69 Å². The van der Waals surface area contributed by atoms with Gasteiger partial charge in [-0.1, -0.05) is 26.8 Å². The molecule has 0 aliphatic rings. The van der Waals surface area contributed by atoms with Crippen LogP contribution in [-0.2, 0) is 13.9 Å². The largest absolute Gasteiger partial charge is 0.506 e. The van der Waals surface area contributed by atoms with E-state index in [-0.39, 0.29) is 29.3 Å². The molecule has 7 heteroatoms. The van der Waals surface area contributed by atoms with E-state index in [0.717, 1.165) is 0 Å². The highest BCUT2D eigenvalue weighted by molar-refractivity contribution is 7.61. The van der Waals surface area contributed by atoms with Crippen LogP contribution in [0, 0.1) is 5.41 Å². The standard InChI is InChI=1S/C13H20NO5P/c1-5-19-20(17,18)10-8-6-7-9(15)11(10)14-12(16)13(2,3)4/h6-8,15H,5H2,1-4H3,(H,14,16)(H,17,18). The quantitative estimate of drug-likeness (QED) is 0.585. The molecular weight excluding hydrogens is 281 g/mol. The summed E-state index contributed by atoms with van der Waals surface area (Å²) in [5.41, 5.74) is -0.795. The molecule has 1 amide bonds. The Labute approximate surface area is 118 Å². The summed E-state index contributed by atoms with van der Waals surface area (Å²) >= 11 is 0. The third kappa shape index (κ3) is 3.82. The maximum atomic E-state index is 12.1. The van der Waals surface area contributed by atoms with Crippen molar-refractivity contribution < 1.29 is 23.9 Å². The number of rotatable bonds is 4. The Bertz CT molecular complexity index is 550. The number of amides is 1. The van der Waals surface area contributed by atoms with Gasteiger partial charge in [-0.2, -0.15) is 0 Å². The Morgan fingerprint density at radius 3 is 2.50 bits per heavy atom. The van der Waals surface area contributed by atoms with Crippen LogP contribution in [0.5, 0.6) is 5.75 Å². The van der Waals surface area contributed by atoms with Crippen molar-refractivity contribution in [2.45, 2.75) is 27.7 Å². The number of carbonyl (C=O) groups is 1. The fraction of sp³-hybridized carbons (Fsp3) is 0.462. The number of anilines is 1. The second-order valence-corrected chi connectivity index (χ2v) is 7.09. The molecule has 1 unspecified atom stereocenters. The molecule has 1 rings (SSSR count). The average molecular weight is 301 g/mol. The van der Waals surface area contributed by atoms with E-state index in [1.807, 2.05) is 0 Å². The van der Waals surface area contributed by atoms with Crippen molar-refractivity contribution >= 4 is 24.5 Å². The lowest BCUT2D eigenvalue weighted by atomic mass is 9.95. The number of aromatic hydroxyl groups is 1. The zero-order valence-corrected chi connectivity index (χ0v) is 12.9. The van der Waals surface area contributed by atoms with Crippen molar-refractivity contribution in [3.8, 4) is 5.75 Å². The fourth-order valence-corrected chi connectivity index (χ4v) is 2.65. The van der Waals surface area contributed by atoms with Crippen LogP contribution < -0.4 is 10.6 Å². The number of hydrogen-bond donors (Lipinski definition) is 3. The Hall–Kier alpha value is -1.36. The molecule has 0 saturated heterocycles. The molecule has 3 N–H and O–H groups in total. The lowest BCUT2D eigenvalue weighted by Gasteiger charge is -2.21. The predicted octanol–water partition coefficient (Wildman–Crippen LogP) is 2.22. The summed E-state index contributed by atoms with van der Waals surface area (Å²) in [5, 5.41) is 12.2. The number of benzene rings is 1. The van der Waals surface area contributed by atoms with Crippen LogP contribution >= 0.6 is 7.60 Å². The van der Waals surface area contributed by atoms with Gasteiger partial charge in [-0.25, -0.2) is 0 Å². The van der Waals surface area contributed by atoms with E-state index in [4.69, 9.17) is 4.52 Å². The van der Waals surface area contributed by atoms with Crippen LogP contribution in [-0.4, -0.2) is 22.5 Å². The molecule has 0 aromatic heterocycles. The van der Waals surface area contributed by atoms with Gasteiger partial charge in [-0.05, 0) is 19.1 Å². The van der Waals surface area contributed by atoms with Gasteiger partial charge >= 0.3 is 7.60 Å². The molecule has 0 spiro atoms. The minimum atomic E-state index is -4.09. The Balaban J connectivity index is 3.26. The predicted molar refractivity (Wildman–Crippen MR) is 77.3 cm³/mol. The second-order valence-electron chi connectivity index (χ2n) is 5.31. The first kappa shape index (κ1) is 16.7. The zero-order chi connectivity index (χ0) is 15.6. The van der Waals surface area contributed by atoms with Gasteiger partial charge in [-0.3, -0.25) is 9.36 Å². The van der Waals surface area contributed by atoms with Crippen molar-refractivity contribution in [3.63, 3.8) is 0 Å². The van der Waals surface area contributed by atoms with Gasteiger partial charge in [0.25, 0.3) is 0 Å². The maximum absolute atomic E-state index is 12.1. The molecule has 0 heterocycles. The van der Waals surface area contributed by atoms with Gasteiger partial charge in [0.2, 0.25) is 5.91 Å². The highest BCUT2D eigenvalue weighted by Crippen LogP contribution is 2.45. The minimum Gasteiger partial charge on any atom is -0.506 e.